The largest absolute Gasteiger partial charge is 0.355 e. The molecule has 2 atom stereocenters. The van der Waals surface area contributed by atoms with Gasteiger partial charge in [-0.15, -0.1) is 0 Å². The van der Waals surface area contributed by atoms with Gasteiger partial charge < -0.3 is 15.1 Å². The van der Waals surface area contributed by atoms with E-state index >= 15 is 0 Å². The van der Waals surface area contributed by atoms with Crippen LogP contribution in [0.3, 0.4) is 0 Å². The first kappa shape index (κ1) is 19.1. The lowest BCUT2D eigenvalue weighted by atomic mass is 9.99. The maximum Gasteiger partial charge on any atom is 0.280 e. The van der Waals surface area contributed by atoms with Crippen LogP contribution in [0.2, 0.25) is 0 Å². The minimum Gasteiger partial charge on any atom is -0.355 e. The third-order valence-corrected chi connectivity index (χ3v) is 5.48. The Labute approximate surface area is 161 Å². The van der Waals surface area contributed by atoms with Gasteiger partial charge in [-0.1, -0.05) is 36.4 Å². The highest BCUT2D eigenvalue weighted by atomic mass is 16.2. The van der Waals surface area contributed by atoms with E-state index in [2.05, 4.69) is 23.5 Å². The molecule has 0 spiro atoms. The maximum absolute atomic E-state index is 13.0. The van der Waals surface area contributed by atoms with Crippen molar-refractivity contribution in [3.63, 3.8) is 0 Å². The van der Waals surface area contributed by atoms with E-state index in [0.717, 1.165) is 30.0 Å². The number of carbonyl (C=O) groups is 2. The predicted octanol–water partition coefficient (Wildman–Crippen LogP) is 1.03. The normalized spacial score (nSPS) is 15.6. The number of amides is 2. The first-order chi connectivity index (χ1) is 13.0. The third kappa shape index (κ3) is 4.37. The summed E-state index contributed by atoms with van der Waals surface area (Å²) in [6.07, 6.45) is 0.925. The van der Waals surface area contributed by atoms with Crippen molar-refractivity contribution in [2.24, 2.45) is 0 Å². The average Bonchev–Trinajstić information content (AvgIpc) is 2.72. The molecule has 0 saturated heterocycles. The Morgan fingerprint density at radius 1 is 1.11 bits per heavy atom. The summed E-state index contributed by atoms with van der Waals surface area (Å²) in [7, 11) is 3.67. The Balaban J connectivity index is 1.61. The van der Waals surface area contributed by atoms with Crippen LogP contribution in [-0.2, 0) is 24.3 Å². The Bertz CT molecular complexity index is 817. The topological polar surface area (TPSA) is 53.9 Å². The summed E-state index contributed by atoms with van der Waals surface area (Å²) in [5.74, 6) is 0.111. The van der Waals surface area contributed by atoms with E-state index in [1.807, 2.05) is 49.2 Å². The highest BCUT2D eigenvalue weighted by Gasteiger charge is 2.29. The zero-order valence-electron chi connectivity index (χ0n) is 16.3. The second-order valence-electron chi connectivity index (χ2n) is 7.30. The van der Waals surface area contributed by atoms with Crippen LogP contribution in [0.25, 0.3) is 0 Å². The summed E-state index contributed by atoms with van der Waals surface area (Å²) in [6.45, 7) is 4.23. The summed E-state index contributed by atoms with van der Waals surface area (Å²) in [4.78, 5) is 27.7. The van der Waals surface area contributed by atoms with E-state index in [1.54, 1.807) is 7.05 Å². The van der Waals surface area contributed by atoms with E-state index in [4.69, 9.17) is 0 Å². The van der Waals surface area contributed by atoms with E-state index < -0.39 is 0 Å². The van der Waals surface area contributed by atoms with Crippen LogP contribution in [0.4, 0.5) is 0 Å². The third-order valence-electron chi connectivity index (χ3n) is 5.48. The number of likely N-dealkylation sites (N-methyl/N-ethyl adjacent to an activating group) is 1. The van der Waals surface area contributed by atoms with Gasteiger partial charge in [0.2, 0.25) is 0 Å². The molecule has 0 saturated carbocycles. The Morgan fingerprint density at radius 2 is 1.78 bits per heavy atom. The highest BCUT2D eigenvalue weighted by Crippen LogP contribution is 2.18. The molecule has 27 heavy (non-hydrogen) atoms. The lowest BCUT2D eigenvalue weighted by Gasteiger charge is -2.32. The number of nitrogens with zero attached hydrogens (tertiary/aromatic N) is 1. The first-order valence-electron chi connectivity index (χ1n) is 9.48. The average molecular weight is 366 g/mol. The summed E-state index contributed by atoms with van der Waals surface area (Å²) in [5, 5.41) is 2.62. The van der Waals surface area contributed by atoms with Crippen LogP contribution in [-0.4, -0.2) is 43.4 Å². The van der Waals surface area contributed by atoms with Gasteiger partial charge in [0, 0.05) is 31.3 Å². The van der Waals surface area contributed by atoms with Gasteiger partial charge in [-0.3, -0.25) is 9.59 Å². The Hall–Kier alpha value is -2.66. The molecular weight excluding hydrogens is 338 g/mol. The molecule has 2 aromatic rings. The van der Waals surface area contributed by atoms with Crippen molar-refractivity contribution in [2.75, 3.05) is 20.6 Å². The van der Waals surface area contributed by atoms with E-state index in [-0.39, 0.29) is 17.9 Å². The summed E-state index contributed by atoms with van der Waals surface area (Å²) < 4.78 is 0. The van der Waals surface area contributed by atoms with Crippen molar-refractivity contribution in [1.82, 2.24) is 10.2 Å². The maximum atomic E-state index is 13.0. The minimum absolute atomic E-state index is 0.0869. The fraction of sp³-hybridized carbons (Fsp3) is 0.364. The van der Waals surface area contributed by atoms with Crippen molar-refractivity contribution in [2.45, 2.75) is 32.5 Å². The number of nitrogens with one attached hydrogen (secondary N) is 2. The Morgan fingerprint density at radius 3 is 2.44 bits per heavy atom. The highest BCUT2D eigenvalue weighted by molar-refractivity contribution is 5.93. The molecule has 2 amide bonds. The zero-order chi connectivity index (χ0) is 19.4. The summed E-state index contributed by atoms with van der Waals surface area (Å²) in [5.41, 5.74) is 4.37. The van der Waals surface area contributed by atoms with E-state index in [9.17, 15) is 9.59 Å². The van der Waals surface area contributed by atoms with E-state index in [1.165, 1.54) is 11.1 Å². The number of hydrogen-bond acceptors (Lipinski definition) is 2. The number of fused-ring (bicyclic) bond motifs is 1. The second kappa shape index (κ2) is 8.35. The quantitative estimate of drug-likeness (QED) is 0.831. The lowest BCUT2D eigenvalue weighted by molar-refractivity contribution is -0.908. The van der Waals surface area contributed by atoms with Crippen LogP contribution in [0.1, 0.15) is 34.0 Å². The molecule has 1 aliphatic rings. The molecule has 0 bridgehead atoms. The fourth-order valence-corrected chi connectivity index (χ4v) is 3.56. The van der Waals surface area contributed by atoms with Crippen molar-refractivity contribution >= 4 is 11.8 Å². The van der Waals surface area contributed by atoms with Gasteiger partial charge in [-0.05, 0) is 36.6 Å². The van der Waals surface area contributed by atoms with Gasteiger partial charge in [0.05, 0.1) is 7.05 Å². The molecule has 0 radical (unpaired) electrons. The number of benzene rings is 2. The molecule has 2 N–H and O–H groups in total. The van der Waals surface area contributed by atoms with Gasteiger partial charge in [-0.2, -0.15) is 0 Å². The molecule has 0 aromatic heterocycles. The molecule has 0 aliphatic carbocycles. The van der Waals surface area contributed by atoms with Gasteiger partial charge >= 0.3 is 0 Å². The van der Waals surface area contributed by atoms with Crippen LogP contribution in [0.5, 0.6) is 0 Å². The van der Waals surface area contributed by atoms with Crippen LogP contribution >= 0.6 is 0 Å². The van der Waals surface area contributed by atoms with Crippen molar-refractivity contribution in [1.29, 1.82) is 0 Å². The molecule has 1 unspecified atom stereocenters. The Kier molecular flexibility index (Phi) is 5.91. The second-order valence-corrected chi connectivity index (χ2v) is 7.30. The van der Waals surface area contributed by atoms with Gasteiger partial charge in [0.15, 0.2) is 6.04 Å². The van der Waals surface area contributed by atoms with Crippen molar-refractivity contribution < 1.29 is 14.5 Å². The summed E-state index contributed by atoms with van der Waals surface area (Å²) >= 11 is 0. The molecule has 5 heteroatoms. The monoisotopic (exact) mass is 366 g/mol. The van der Waals surface area contributed by atoms with E-state index in [0.29, 0.717) is 12.1 Å². The van der Waals surface area contributed by atoms with Gasteiger partial charge in [0.25, 0.3) is 11.8 Å². The zero-order valence-corrected chi connectivity index (χ0v) is 16.3. The molecule has 0 fully saturated rings. The standard InChI is InChI=1S/C22H27N3O2/c1-16(22(27)25-13-12-18-6-4-5-7-20(18)15-25)24(3)14-17-8-10-19(11-9-17)21(26)23-2/h4-11,16H,12-15H2,1-3H3,(H,23,26)/p+1/t16-/m0/s1. The number of carbonyl (C=O) groups excluding carboxylic acids is 2. The smallest absolute Gasteiger partial charge is 0.280 e. The number of quaternary nitrogens is 1. The number of hydrogen-bond donors (Lipinski definition) is 2. The molecular formula is C22H28N3O2+. The van der Waals surface area contributed by atoms with Crippen molar-refractivity contribution in [3.8, 4) is 0 Å². The molecule has 2 aromatic carbocycles. The van der Waals surface area contributed by atoms with Crippen LogP contribution in [0, 0.1) is 0 Å². The lowest BCUT2D eigenvalue weighted by Crippen LogP contribution is -3.12. The predicted molar refractivity (Wildman–Crippen MR) is 105 cm³/mol. The van der Waals surface area contributed by atoms with Crippen LogP contribution < -0.4 is 10.2 Å². The number of rotatable bonds is 5. The minimum atomic E-state index is -0.117. The van der Waals surface area contributed by atoms with Gasteiger partial charge in [-0.25, -0.2) is 0 Å². The van der Waals surface area contributed by atoms with Crippen LogP contribution in [0.15, 0.2) is 48.5 Å². The first-order valence-corrected chi connectivity index (χ1v) is 9.48. The molecule has 142 valence electrons. The van der Waals surface area contributed by atoms with Crippen molar-refractivity contribution in [3.05, 3.63) is 70.8 Å². The summed E-state index contributed by atoms with van der Waals surface area (Å²) in [6, 6.07) is 15.8. The SMILES string of the molecule is CNC(=O)c1ccc(C[NH+](C)[C@@H](C)C(=O)N2CCc3ccccc3C2)cc1. The molecule has 3 rings (SSSR count). The molecule has 1 heterocycles. The fourth-order valence-electron chi connectivity index (χ4n) is 3.56. The van der Waals surface area contributed by atoms with Gasteiger partial charge in [0.1, 0.15) is 6.54 Å². The molecule has 5 nitrogen and oxygen atoms in total. The molecule has 1 aliphatic heterocycles.